The lowest BCUT2D eigenvalue weighted by Gasteiger charge is -2.52. The van der Waals surface area contributed by atoms with E-state index in [0.717, 1.165) is 18.4 Å². The third-order valence-corrected chi connectivity index (χ3v) is 9.87. The molecule has 3 heterocycles. The van der Waals surface area contributed by atoms with E-state index in [-0.39, 0.29) is 42.0 Å². The molecule has 1 unspecified atom stereocenters. The van der Waals surface area contributed by atoms with Crippen molar-refractivity contribution in [2.24, 2.45) is 11.8 Å². The van der Waals surface area contributed by atoms with Gasteiger partial charge in [0.05, 0.1) is 13.2 Å². The largest absolute Gasteiger partial charge is 0.493 e. The van der Waals surface area contributed by atoms with Gasteiger partial charge in [0.2, 0.25) is 17.7 Å². The molecule has 3 aliphatic rings. The second-order valence-electron chi connectivity index (χ2n) is 13.8. The van der Waals surface area contributed by atoms with Crippen LogP contribution in [0.2, 0.25) is 0 Å². The van der Waals surface area contributed by atoms with E-state index in [1.807, 2.05) is 38.1 Å². The minimum absolute atomic E-state index is 0. The SMILES string of the molecule is CCCCN1C(=O)[C@@H](C(O)C2CCOCC2)NC(=O)C12CCN(Cc1ccc(Oc3ccc(NC(=O)CC(C)C)cc3OC)cc1)CC2.Cl. The number of piperidine rings is 1. The number of aliphatic hydroxyl groups excluding tert-OH is 1. The van der Waals surface area contributed by atoms with Crippen molar-refractivity contribution in [1.29, 1.82) is 0 Å². The summed E-state index contributed by atoms with van der Waals surface area (Å²) in [6.07, 6.45) is 3.71. The van der Waals surface area contributed by atoms with E-state index in [0.29, 0.717) is 94.4 Å². The summed E-state index contributed by atoms with van der Waals surface area (Å²) in [6.45, 7) is 9.78. The first-order chi connectivity index (χ1) is 23.1. The number of nitrogens with one attached hydrogen (secondary N) is 2. The Labute approximate surface area is 296 Å². The third-order valence-electron chi connectivity index (χ3n) is 9.87. The first-order valence-corrected chi connectivity index (χ1v) is 17.5. The summed E-state index contributed by atoms with van der Waals surface area (Å²) < 4.78 is 17.1. The second kappa shape index (κ2) is 17.5. The number of rotatable bonds is 13. The fraction of sp³-hybridized carbons (Fsp3) is 0.595. The number of carbonyl (C=O) groups is 3. The number of piperazine rings is 1. The van der Waals surface area contributed by atoms with Crippen molar-refractivity contribution in [2.45, 2.75) is 89.9 Å². The van der Waals surface area contributed by atoms with Crippen LogP contribution in [0.1, 0.15) is 71.3 Å². The van der Waals surface area contributed by atoms with Gasteiger partial charge in [-0.25, -0.2) is 0 Å². The number of methoxy groups -OCH3 is 1. The molecule has 3 aliphatic heterocycles. The van der Waals surface area contributed by atoms with E-state index in [1.165, 1.54) is 0 Å². The summed E-state index contributed by atoms with van der Waals surface area (Å²) >= 11 is 0. The molecule has 2 aromatic carbocycles. The maximum atomic E-state index is 13.9. The number of hydrogen-bond acceptors (Lipinski definition) is 8. The molecule has 0 aromatic heterocycles. The van der Waals surface area contributed by atoms with Crippen molar-refractivity contribution < 1.29 is 33.7 Å². The molecule has 0 saturated carbocycles. The van der Waals surface area contributed by atoms with Gasteiger partial charge in [0.25, 0.3) is 0 Å². The number of anilines is 1. The van der Waals surface area contributed by atoms with Gasteiger partial charge in [-0.05, 0) is 73.8 Å². The highest BCUT2D eigenvalue weighted by molar-refractivity contribution is 6.00. The number of nitrogens with zero attached hydrogens (tertiary/aromatic N) is 2. The predicted molar refractivity (Wildman–Crippen MR) is 190 cm³/mol. The molecule has 270 valence electrons. The first-order valence-electron chi connectivity index (χ1n) is 17.5. The molecule has 3 saturated heterocycles. The molecule has 12 heteroatoms. The number of unbranched alkanes of at least 4 members (excludes halogenated alkanes) is 1. The van der Waals surface area contributed by atoms with E-state index >= 15 is 0 Å². The number of hydrogen-bond donors (Lipinski definition) is 3. The highest BCUT2D eigenvalue weighted by Crippen LogP contribution is 2.37. The molecule has 3 fully saturated rings. The van der Waals surface area contributed by atoms with Gasteiger partial charge in [-0.2, -0.15) is 0 Å². The van der Waals surface area contributed by atoms with Crippen molar-refractivity contribution in [1.82, 2.24) is 15.1 Å². The zero-order valence-electron chi connectivity index (χ0n) is 29.2. The number of benzene rings is 2. The molecule has 1 spiro atoms. The summed E-state index contributed by atoms with van der Waals surface area (Å²) in [5.74, 6) is 1.59. The molecule has 2 atom stereocenters. The number of ether oxygens (including phenoxy) is 3. The number of aliphatic hydroxyl groups is 1. The molecule has 5 rings (SSSR count). The lowest BCUT2D eigenvalue weighted by Crippen LogP contribution is -2.75. The lowest BCUT2D eigenvalue weighted by molar-refractivity contribution is -0.166. The van der Waals surface area contributed by atoms with Gasteiger partial charge in [0, 0.05) is 57.6 Å². The van der Waals surface area contributed by atoms with Crippen molar-refractivity contribution in [3.8, 4) is 17.2 Å². The van der Waals surface area contributed by atoms with Gasteiger partial charge >= 0.3 is 0 Å². The Morgan fingerprint density at radius 1 is 1.08 bits per heavy atom. The van der Waals surface area contributed by atoms with Crippen LogP contribution in [-0.4, -0.2) is 90.3 Å². The lowest BCUT2D eigenvalue weighted by atomic mass is 9.79. The quantitative estimate of drug-likeness (QED) is 0.262. The van der Waals surface area contributed by atoms with Gasteiger partial charge in [-0.1, -0.05) is 39.3 Å². The van der Waals surface area contributed by atoms with Crippen LogP contribution in [0.4, 0.5) is 5.69 Å². The van der Waals surface area contributed by atoms with Crippen LogP contribution in [-0.2, 0) is 25.7 Å². The molecular formula is C37H53ClN4O7. The van der Waals surface area contributed by atoms with Gasteiger partial charge in [-0.15, -0.1) is 12.4 Å². The Balaban J connectivity index is 0.00000541. The summed E-state index contributed by atoms with van der Waals surface area (Å²) in [7, 11) is 1.57. The van der Waals surface area contributed by atoms with Crippen LogP contribution in [0.5, 0.6) is 17.2 Å². The average molecular weight is 701 g/mol. The molecule has 0 bridgehead atoms. The van der Waals surface area contributed by atoms with Crippen LogP contribution in [0.25, 0.3) is 0 Å². The van der Waals surface area contributed by atoms with Crippen molar-refractivity contribution in [3.05, 3.63) is 48.0 Å². The van der Waals surface area contributed by atoms with Gasteiger partial charge < -0.3 is 34.9 Å². The highest BCUT2D eigenvalue weighted by Gasteiger charge is 2.55. The monoisotopic (exact) mass is 700 g/mol. The maximum Gasteiger partial charge on any atom is 0.248 e. The summed E-state index contributed by atoms with van der Waals surface area (Å²) in [5.41, 5.74) is 0.873. The molecule has 11 nitrogen and oxygen atoms in total. The number of carbonyl (C=O) groups excluding carboxylic acids is 3. The molecular weight excluding hydrogens is 648 g/mol. The molecule has 3 N–H and O–H groups in total. The minimum Gasteiger partial charge on any atom is -0.493 e. The second-order valence-corrected chi connectivity index (χ2v) is 13.8. The predicted octanol–water partition coefficient (Wildman–Crippen LogP) is 5.14. The van der Waals surface area contributed by atoms with Gasteiger partial charge in [-0.3, -0.25) is 19.3 Å². The van der Waals surface area contributed by atoms with E-state index < -0.39 is 17.7 Å². The molecule has 49 heavy (non-hydrogen) atoms. The topological polar surface area (TPSA) is 130 Å². The number of amides is 3. The Morgan fingerprint density at radius 2 is 1.78 bits per heavy atom. The maximum absolute atomic E-state index is 13.9. The highest BCUT2D eigenvalue weighted by atomic mass is 35.5. The normalized spacial score (nSPS) is 20.4. The zero-order valence-corrected chi connectivity index (χ0v) is 30.1. The van der Waals surface area contributed by atoms with E-state index in [4.69, 9.17) is 14.2 Å². The Morgan fingerprint density at radius 3 is 2.41 bits per heavy atom. The summed E-state index contributed by atoms with van der Waals surface area (Å²) in [4.78, 5) is 44.0. The Kier molecular flexibility index (Phi) is 13.7. The van der Waals surface area contributed by atoms with E-state index in [2.05, 4.69) is 22.5 Å². The Hall–Kier alpha value is -3.38. The summed E-state index contributed by atoms with van der Waals surface area (Å²) in [6, 6.07) is 12.3. The third kappa shape index (κ3) is 9.25. The Bertz CT molecular complexity index is 1410. The van der Waals surface area contributed by atoms with Gasteiger partial charge in [0.15, 0.2) is 11.5 Å². The zero-order chi connectivity index (χ0) is 34.3. The van der Waals surface area contributed by atoms with Crippen molar-refractivity contribution in [2.75, 3.05) is 45.3 Å². The van der Waals surface area contributed by atoms with Crippen LogP contribution in [0.15, 0.2) is 42.5 Å². The number of halogens is 1. The molecule has 0 radical (unpaired) electrons. The van der Waals surface area contributed by atoms with Crippen LogP contribution in [0.3, 0.4) is 0 Å². The van der Waals surface area contributed by atoms with E-state index in [9.17, 15) is 19.5 Å². The van der Waals surface area contributed by atoms with Gasteiger partial charge in [0.1, 0.15) is 17.3 Å². The van der Waals surface area contributed by atoms with E-state index in [1.54, 1.807) is 30.2 Å². The number of likely N-dealkylation sites (tertiary alicyclic amines) is 1. The fourth-order valence-electron chi connectivity index (χ4n) is 7.08. The first kappa shape index (κ1) is 38.4. The standard InChI is InChI=1S/C37H52N4O7.ClH/c1-5-6-17-41-35(44)33(34(43)27-13-20-47-21-14-27)39-36(45)37(41)15-18-40(19-16-37)24-26-7-10-29(11-8-26)48-30-12-9-28(23-31(30)46-4)38-32(42)22-25(2)3;/h7-12,23,25,27,33-34,43H,5-6,13-22,24H2,1-4H3,(H,38,42)(H,39,45);1H/t33-,34?;/m1./s1. The average Bonchev–Trinajstić information content (AvgIpc) is 3.08. The minimum atomic E-state index is -0.915. The summed E-state index contributed by atoms with van der Waals surface area (Å²) in [5, 5.41) is 17.0. The fourth-order valence-corrected chi connectivity index (χ4v) is 7.08. The van der Waals surface area contributed by atoms with Crippen LogP contribution >= 0.6 is 12.4 Å². The van der Waals surface area contributed by atoms with Crippen LogP contribution in [0, 0.1) is 11.8 Å². The van der Waals surface area contributed by atoms with Crippen molar-refractivity contribution >= 4 is 35.8 Å². The molecule has 2 aromatic rings. The van der Waals surface area contributed by atoms with Crippen LogP contribution < -0.4 is 20.1 Å². The molecule has 0 aliphatic carbocycles. The smallest absolute Gasteiger partial charge is 0.248 e. The van der Waals surface area contributed by atoms with Crippen molar-refractivity contribution in [3.63, 3.8) is 0 Å². The molecule has 3 amide bonds.